The normalized spacial score (nSPS) is 15.3. The zero-order chi connectivity index (χ0) is 7.65. The molecule has 0 saturated carbocycles. The maximum Gasteiger partial charge on any atom is 0.299 e. The van der Waals surface area contributed by atoms with Gasteiger partial charge in [-0.2, -0.15) is 13.2 Å². The molecule has 0 aliphatic heterocycles. The SMILES string of the molecule is CC(F)(F)/C(F)=C(\F)Br. The molecule has 0 fully saturated rings. The fourth-order valence-corrected chi connectivity index (χ4v) is 0.514. The van der Waals surface area contributed by atoms with E-state index in [0.717, 1.165) is 0 Å². The summed E-state index contributed by atoms with van der Waals surface area (Å²) in [7, 11) is 0. The Bertz CT molecular complexity index is 130. The number of rotatable bonds is 1. The molecule has 0 atom stereocenters. The van der Waals surface area contributed by atoms with E-state index in [-0.39, 0.29) is 6.92 Å². The highest BCUT2D eigenvalue weighted by Crippen LogP contribution is 2.29. The lowest BCUT2D eigenvalue weighted by atomic mass is 10.4. The number of halogens is 5. The van der Waals surface area contributed by atoms with E-state index in [1.54, 1.807) is 0 Å². The van der Waals surface area contributed by atoms with Crippen molar-refractivity contribution in [2.75, 3.05) is 0 Å². The topological polar surface area (TPSA) is 0 Å². The fourth-order valence-electron chi connectivity index (χ4n) is 0.166. The Morgan fingerprint density at radius 2 is 1.67 bits per heavy atom. The minimum atomic E-state index is -3.73. The van der Waals surface area contributed by atoms with E-state index in [1.165, 1.54) is 0 Å². The van der Waals surface area contributed by atoms with Crippen LogP contribution in [0.2, 0.25) is 0 Å². The lowest BCUT2D eigenvalue weighted by Gasteiger charge is -2.04. The van der Waals surface area contributed by atoms with Crippen LogP contribution in [-0.4, -0.2) is 5.92 Å². The molecule has 5 heteroatoms. The molecular formula is C4H3BrF4. The van der Waals surface area contributed by atoms with E-state index < -0.39 is 16.5 Å². The lowest BCUT2D eigenvalue weighted by molar-refractivity contribution is 0.0362. The zero-order valence-corrected chi connectivity index (χ0v) is 5.98. The summed E-state index contributed by atoms with van der Waals surface area (Å²) in [6.45, 7) is 0.267. The van der Waals surface area contributed by atoms with Gasteiger partial charge in [0.15, 0.2) is 0 Å². The summed E-state index contributed by atoms with van der Waals surface area (Å²) in [5, 5.41) is 0. The molecule has 0 amide bonds. The molecule has 0 rings (SSSR count). The van der Waals surface area contributed by atoms with Crippen molar-refractivity contribution in [3.8, 4) is 0 Å². The molecular weight excluding hydrogens is 204 g/mol. The molecule has 0 aromatic carbocycles. The van der Waals surface area contributed by atoms with Gasteiger partial charge < -0.3 is 0 Å². The van der Waals surface area contributed by atoms with Crippen molar-refractivity contribution < 1.29 is 17.6 Å². The Morgan fingerprint density at radius 1 is 1.33 bits per heavy atom. The second kappa shape index (κ2) is 2.68. The van der Waals surface area contributed by atoms with Crippen LogP contribution in [0.4, 0.5) is 17.6 Å². The van der Waals surface area contributed by atoms with Crippen molar-refractivity contribution in [1.29, 1.82) is 0 Å². The minimum absolute atomic E-state index is 0.267. The summed E-state index contributed by atoms with van der Waals surface area (Å²) < 4.78 is 44.9. The Morgan fingerprint density at radius 3 is 1.67 bits per heavy atom. The first-order valence-electron chi connectivity index (χ1n) is 1.94. The maximum atomic E-state index is 11.7. The first kappa shape index (κ1) is 8.94. The molecule has 0 aliphatic carbocycles. The van der Waals surface area contributed by atoms with E-state index >= 15 is 0 Å². The van der Waals surface area contributed by atoms with Crippen LogP contribution in [0.3, 0.4) is 0 Å². The van der Waals surface area contributed by atoms with Crippen LogP contribution >= 0.6 is 15.9 Å². The fraction of sp³-hybridized carbons (Fsp3) is 0.500. The molecule has 0 saturated heterocycles. The van der Waals surface area contributed by atoms with Gasteiger partial charge in [0.2, 0.25) is 10.6 Å². The lowest BCUT2D eigenvalue weighted by Crippen LogP contribution is -2.10. The molecule has 9 heavy (non-hydrogen) atoms. The van der Waals surface area contributed by atoms with Crippen LogP contribution in [0.5, 0.6) is 0 Å². The molecule has 0 N–H and O–H groups in total. The quantitative estimate of drug-likeness (QED) is 0.579. The van der Waals surface area contributed by atoms with Gasteiger partial charge in [0.05, 0.1) is 0 Å². The van der Waals surface area contributed by atoms with E-state index in [2.05, 4.69) is 0 Å². The second-order valence-corrected chi connectivity index (χ2v) is 2.16. The summed E-state index contributed by atoms with van der Waals surface area (Å²) in [6, 6.07) is 0. The predicted molar refractivity (Wildman–Crippen MR) is 28.8 cm³/mol. The average molecular weight is 207 g/mol. The smallest absolute Gasteiger partial charge is 0.201 e. The molecule has 0 aromatic heterocycles. The standard InChI is InChI=1S/C4H3BrF4/c1-4(8,9)2(6)3(5)7/h1H3/b3-2+. The highest BCUT2D eigenvalue weighted by atomic mass is 79.9. The van der Waals surface area contributed by atoms with E-state index in [9.17, 15) is 17.6 Å². The van der Waals surface area contributed by atoms with Crippen LogP contribution in [0.15, 0.2) is 10.6 Å². The van der Waals surface area contributed by atoms with E-state index in [1.807, 2.05) is 15.9 Å². The monoisotopic (exact) mass is 206 g/mol. The molecule has 0 nitrogen and oxygen atoms in total. The van der Waals surface area contributed by atoms with Gasteiger partial charge in [-0.05, 0) is 15.9 Å². The van der Waals surface area contributed by atoms with Crippen molar-refractivity contribution in [1.82, 2.24) is 0 Å². The predicted octanol–water partition coefficient (Wildman–Crippen LogP) is 3.14. The maximum absolute atomic E-state index is 11.7. The summed E-state index contributed by atoms with van der Waals surface area (Å²) in [5.41, 5.74) is 0. The second-order valence-electron chi connectivity index (χ2n) is 1.46. The highest BCUT2D eigenvalue weighted by Gasteiger charge is 2.31. The van der Waals surface area contributed by atoms with Crippen LogP contribution in [0, 0.1) is 0 Å². The van der Waals surface area contributed by atoms with Gasteiger partial charge in [0.1, 0.15) is 0 Å². The highest BCUT2D eigenvalue weighted by molar-refractivity contribution is 9.11. The molecule has 0 aliphatic rings. The van der Waals surface area contributed by atoms with Gasteiger partial charge in [-0.1, -0.05) is 0 Å². The van der Waals surface area contributed by atoms with Crippen LogP contribution < -0.4 is 0 Å². The van der Waals surface area contributed by atoms with Crippen molar-refractivity contribution in [3.05, 3.63) is 10.6 Å². The Hall–Kier alpha value is -0.0600. The summed E-state index contributed by atoms with van der Waals surface area (Å²) >= 11 is 1.93. The van der Waals surface area contributed by atoms with Crippen molar-refractivity contribution in [3.63, 3.8) is 0 Å². The largest absolute Gasteiger partial charge is 0.299 e. The zero-order valence-electron chi connectivity index (χ0n) is 4.39. The van der Waals surface area contributed by atoms with Gasteiger partial charge in [0.25, 0.3) is 5.92 Å². The van der Waals surface area contributed by atoms with E-state index in [0.29, 0.717) is 0 Å². The number of allylic oxidation sites excluding steroid dienone is 1. The Labute approximate surface area is 57.7 Å². The van der Waals surface area contributed by atoms with Crippen molar-refractivity contribution in [2.45, 2.75) is 12.8 Å². The van der Waals surface area contributed by atoms with Gasteiger partial charge >= 0.3 is 0 Å². The Balaban J connectivity index is 4.40. The van der Waals surface area contributed by atoms with Crippen LogP contribution in [0.25, 0.3) is 0 Å². The summed E-state index contributed by atoms with van der Waals surface area (Å²) in [5.74, 6) is -5.81. The number of hydrogen-bond donors (Lipinski definition) is 0. The molecule has 0 radical (unpaired) electrons. The summed E-state index contributed by atoms with van der Waals surface area (Å²) in [6.07, 6.45) is 0. The molecule has 0 spiro atoms. The summed E-state index contributed by atoms with van der Waals surface area (Å²) in [4.78, 5) is 0. The van der Waals surface area contributed by atoms with Gasteiger partial charge in [0, 0.05) is 6.92 Å². The first-order chi connectivity index (χ1) is 3.85. The molecule has 0 heterocycles. The third-order valence-corrected chi connectivity index (χ3v) is 0.899. The molecule has 0 bridgehead atoms. The molecule has 54 valence electrons. The molecule has 0 unspecified atom stereocenters. The van der Waals surface area contributed by atoms with Gasteiger partial charge in [-0.15, -0.1) is 0 Å². The van der Waals surface area contributed by atoms with Gasteiger partial charge in [-0.3, -0.25) is 0 Å². The Kier molecular flexibility index (Phi) is 2.66. The van der Waals surface area contributed by atoms with Crippen LogP contribution in [0.1, 0.15) is 6.92 Å². The number of hydrogen-bond acceptors (Lipinski definition) is 0. The minimum Gasteiger partial charge on any atom is -0.201 e. The third kappa shape index (κ3) is 2.84. The third-order valence-electron chi connectivity index (χ3n) is 0.551. The van der Waals surface area contributed by atoms with Crippen molar-refractivity contribution in [2.24, 2.45) is 0 Å². The first-order valence-corrected chi connectivity index (χ1v) is 2.74. The van der Waals surface area contributed by atoms with E-state index in [4.69, 9.17) is 0 Å². The average Bonchev–Trinajstić information content (AvgIpc) is 1.62. The van der Waals surface area contributed by atoms with Crippen LogP contribution in [-0.2, 0) is 0 Å². The van der Waals surface area contributed by atoms with Crippen molar-refractivity contribution >= 4 is 15.9 Å². The molecule has 0 aromatic rings. The number of alkyl halides is 2. The van der Waals surface area contributed by atoms with Gasteiger partial charge in [-0.25, -0.2) is 4.39 Å².